The molecule has 1 aliphatic rings. The summed E-state index contributed by atoms with van der Waals surface area (Å²) < 4.78 is 13.0. The Hall–Kier alpha value is -1.40. The van der Waals surface area contributed by atoms with Crippen LogP contribution in [0.15, 0.2) is 42.5 Å². The molecule has 0 radical (unpaired) electrons. The van der Waals surface area contributed by atoms with Crippen LogP contribution in [0.25, 0.3) is 11.1 Å². The maximum atomic E-state index is 13.0. The average molecular weight is 485 g/mol. The second kappa shape index (κ2) is 10.0. The van der Waals surface area contributed by atoms with Crippen LogP contribution in [-0.4, -0.2) is 51.8 Å². The fraction of sp³-hybridized carbons (Fsp3) is 0.409. The Balaban J connectivity index is 1.89. The van der Waals surface area contributed by atoms with Crippen molar-refractivity contribution in [3.8, 4) is 11.1 Å². The van der Waals surface area contributed by atoms with Crippen molar-refractivity contribution in [1.82, 2.24) is 4.90 Å². The molecule has 1 fully saturated rings. The summed E-state index contributed by atoms with van der Waals surface area (Å²) in [7, 11) is -3.86. The minimum atomic E-state index is -3.86. The Morgan fingerprint density at radius 2 is 1.90 bits per heavy atom. The van der Waals surface area contributed by atoms with Crippen molar-refractivity contribution in [2.24, 2.45) is 5.73 Å². The van der Waals surface area contributed by atoms with E-state index in [1.807, 2.05) is 35.2 Å². The van der Waals surface area contributed by atoms with Crippen LogP contribution < -0.4 is 5.73 Å². The highest BCUT2D eigenvalue weighted by Crippen LogP contribution is 2.59. The van der Waals surface area contributed by atoms with Crippen molar-refractivity contribution >= 4 is 36.5 Å². The predicted octanol–water partition coefficient (Wildman–Crippen LogP) is 4.70. The fourth-order valence-corrected chi connectivity index (χ4v) is 6.68. The van der Waals surface area contributed by atoms with Gasteiger partial charge in [0.2, 0.25) is 7.37 Å². The zero-order valence-electron chi connectivity index (χ0n) is 17.1. The maximum Gasteiger partial charge on any atom is 0.320 e. The molecular formula is C22H27Cl2N2O4P. The quantitative estimate of drug-likeness (QED) is 0.370. The first-order chi connectivity index (χ1) is 14.7. The molecule has 168 valence electrons. The number of unbranched alkanes of at least 4 members (excludes halogenated alkanes) is 1. The van der Waals surface area contributed by atoms with E-state index < -0.39 is 18.5 Å². The van der Waals surface area contributed by atoms with Gasteiger partial charge in [0.25, 0.3) is 0 Å². The van der Waals surface area contributed by atoms with Crippen LogP contribution >= 0.6 is 30.6 Å². The minimum Gasteiger partial charge on any atom is -0.480 e. The van der Waals surface area contributed by atoms with E-state index in [0.717, 1.165) is 16.7 Å². The van der Waals surface area contributed by atoms with E-state index >= 15 is 0 Å². The van der Waals surface area contributed by atoms with Crippen LogP contribution in [0.5, 0.6) is 0 Å². The zero-order chi connectivity index (χ0) is 22.6. The normalized spacial score (nSPS) is 24.3. The van der Waals surface area contributed by atoms with Crippen molar-refractivity contribution in [3.63, 3.8) is 0 Å². The van der Waals surface area contributed by atoms with Gasteiger partial charge in [0, 0.05) is 25.8 Å². The topological polar surface area (TPSA) is 104 Å². The molecule has 9 heteroatoms. The Bertz CT molecular complexity index is 1000. The zero-order valence-corrected chi connectivity index (χ0v) is 19.5. The van der Waals surface area contributed by atoms with Gasteiger partial charge in [-0.3, -0.25) is 14.3 Å². The van der Waals surface area contributed by atoms with Gasteiger partial charge in [0.1, 0.15) is 0 Å². The number of rotatable bonds is 8. The SMILES string of the molecule is NCCCCC1(C(=O)O)CN(Cc2ccccc2-c2ccc(Cl)c(Cl)c2)CCP1(=O)O. The summed E-state index contributed by atoms with van der Waals surface area (Å²) in [5, 5.41) is 9.24. The van der Waals surface area contributed by atoms with Crippen LogP contribution in [0.3, 0.4) is 0 Å². The summed E-state index contributed by atoms with van der Waals surface area (Å²) >= 11 is 12.2. The molecule has 0 aliphatic carbocycles. The Labute approximate surface area is 192 Å². The van der Waals surface area contributed by atoms with E-state index in [1.54, 1.807) is 12.1 Å². The number of hydrogen-bond donors (Lipinski definition) is 3. The van der Waals surface area contributed by atoms with Gasteiger partial charge >= 0.3 is 5.97 Å². The lowest BCUT2D eigenvalue weighted by Crippen LogP contribution is -2.53. The largest absolute Gasteiger partial charge is 0.480 e. The number of carbonyl (C=O) groups is 1. The lowest BCUT2D eigenvalue weighted by atomic mass is 9.97. The number of aliphatic carboxylic acids is 1. The summed E-state index contributed by atoms with van der Waals surface area (Å²) in [6, 6.07) is 13.2. The molecule has 1 saturated heterocycles. The average Bonchev–Trinajstić information content (AvgIpc) is 2.73. The molecule has 0 aromatic heterocycles. The maximum absolute atomic E-state index is 13.0. The molecular weight excluding hydrogens is 458 g/mol. The van der Waals surface area contributed by atoms with E-state index in [4.69, 9.17) is 28.9 Å². The van der Waals surface area contributed by atoms with Gasteiger partial charge in [-0.2, -0.15) is 0 Å². The number of nitrogens with two attached hydrogens (primary N) is 1. The molecule has 31 heavy (non-hydrogen) atoms. The van der Waals surface area contributed by atoms with Gasteiger partial charge < -0.3 is 15.7 Å². The standard InChI is InChI=1S/C22H27Cl2N2O4P/c23-19-8-7-16(13-20(19)24)18-6-2-1-5-17(18)14-26-11-12-31(29,30)22(15-26,21(27)28)9-3-4-10-25/h1-2,5-8,13H,3-4,9-12,14-15,25H2,(H,27,28)(H,29,30). The first-order valence-electron chi connectivity index (χ1n) is 10.2. The molecule has 2 unspecified atom stereocenters. The van der Waals surface area contributed by atoms with E-state index in [9.17, 15) is 19.4 Å². The van der Waals surface area contributed by atoms with Crippen LogP contribution in [0, 0.1) is 0 Å². The van der Waals surface area contributed by atoms with E-state index in [0.29, 0.717) is 42.5 Å². The smallest absolute Gasteiger partial charge is 0.320 e. The van der Waals surface area contributed by atoms with Gasteiger partial charge in [-0.25, -0.2) is 0 Å². The first-order valence-corrected chi connectivity index (χ1v) is 12.8. The van der Waals surface area contributed by atoms with Crippen molar-refractivity contribution in [2.45, 2.75) is 31.0 Å². The second-order valence-corrected chi connectivity index (χ2v) is 11.5. The highest BCUT2D eigenvalue weighted by atomic mass is 35.5. The molecule has 4 N–H and O–H groups in total. The molecule has 0 spiro atoms. The molecule has 0 amide bonds. The number of carboxylic acid groups (broad SMARTS) is 1. The lowest BCUT2D eigenvalue weighted by molar-refractivity contribution is -0.141. The lowest BCUT2D eigenvalue weighted by Gasteiger charge is -2.43. The monoisotopic (exact) mass is 484 g/mol. The summed E-state index contributed by atoms with van der Waals surface area (Å²) in [4.78, 5) is 24.8. The summed E-state index contributed by atoms with van der Waals surface area (Å²) in [6.07, 6.45) is 1.21. The van der Waals surface area contributed by atoms with Gasteiger partial charge in [0.15, 0.2) is 5.16 Å². The Morgan fingerprint density at radius 3 is 2.58 bits per heavy atom. The Morgan fingerprint density at radius 1 is 1.16 bits per heavy atom. The van der Waals surface area contributed by atoms with E-state index in [2.05, 4.69) is 0 Å². The van der Waals surface area contributed by atoms with Crippen LogP contribution in [-0.2, 0) is 15.9 Å². The predicted molar refractivity (Wildman–Crippen MR) is 125 cm³/mol. The minimum absolute atomic E-state index is 0.0242. The molecule has 0 bridgehead atoms. The fourth-order valence-electron chi connectivity index (χ4n) is 4.17. The third kappa shape index (κ3) is 5.16. The van der Waals surface area contributed by atoms with Crippen LogP contribution in [0.1, 0.15) is 24.8 Å². The van der Waals surface area contributed by atoms with Gasteiger partial charge in [-0.05, 0) is 48.2 Å². The van der Waals surface area contributed by atoms with Crippen molar-refractivity contribution < 1.29 is 19.4 Å². The number of nitrogens with zero attached hydrogens (tertiary/aromatic N) is 1. The summed E-state index contributed by atoms with van der Waals surface area (Å²) in [5.74, 6) is -1.21. The first kappa shape index (κ1) is 24.2. The molecule has 0 saturated carbocycles. The molecule has 2 atom stereocenters. The molecule has 2 aromatic carbocycles. The highest BCUT2D eigenvalue weighted by molar-refractivity contribution is 7.61. The second-order valence-electron chi connectivity index (χ2n) is 8.00. The molecule has 3 rings (SSSR count). The number of halogens is 2. The highest BCUT2D eigenvalue weighted by Gasteiger charge is 2.56. The van der Waals surface area contributed by atoms with E-state index in [1.165, 1.54) is 0 Å². The summed E-state index contributed by atoms with van der Waals surface area (Å²) in [5.41, 5.74) is 8.39. The third-order valence-corrected chi connectivity index (χ3v) is 9.40. The third-order valence-electron chi connectivity index (χ3n) is 5.96. The van der Waals surface area contributed by atoms with E-state index in [-0.39, 0.29) is 19.1 Å². The van der Waals surface area contributed by atoms with Crippen molar-refractivity contribution in [1.29, 1.82) is 0 Å². The number of hydrogen-bond acceptors (Lipinski definition) is 4. The molecule has 2 aromatic rings. The van der Waals surface area contributed by atoms with Gasteiger partial charge in [-0.15, -0.1) is 0 Å². The summed E-state index contributed by atoms with van der Waals surface area (Å²) in [6.45, 7) is 1.26. The van der Waals surface area contributed by atoms with Crippen LogP contribution in [0.2, 0.25) is 10.0 Å². The van der Waals surface area contributed by atoms with Gasteiger partial charge in [0.05, 0.1) is 10.0 Å². The Kier molecular flexibility index (Phi) is 7.85. The molecule has 1 aliphatic heterocycles. The van der Waals surface area contributed by atoms with Crippen molar-refractivity contribution in [2.75, 3.05) is 25.8 Å². The molecule has 1 heterocycles. The van der Waals surface area contributed by atoms with Crippen molar-refractivity contribution in [3.05, 3.63) is 58.1 Å². The molecule has 6 nitrogen and oxygen atoms in total. The number of carboxylic acids is 1. The number of benzene rings is 2. The van der Waals surface area contributed by atoms with Gasteiger partial charge in [-0.1, -0.05) is 60.0 Å². The van der Waals surface area contributed by atoms with Crippen LogP contribution in [0.4, 0.5) is 0 Å².